The highest BCUT2D eigenvalue weighted by atomic mass is 16.5. The van der Waals surface area contributed by atoms with Crippen molar-refractivity contribution in [3.63, 3.8) is 0 Å². The fourth-order valence-corrected chi connectivity index (χ4v) is 2.63. The topological polar surface area (TPSA) is 55.6 Å². The van der Waals surface area contributed by atoms with E-state index in [-0.39, 0.29) is 18.1 Å². The normalized spacial score (nSPS) is 27.2. The van der Waals surface area contributed by atoms with Gasteiger partial charge in [-0.1, -0.05) is 6.07 Å². The number of hydrogen-bond acceptors (Lipinski definition) is 3. The Kier molecular flexibility index (Phi) is 2.52. The fourth-order valence-electron chi connectivity index (χ4n) is 2.63. The molecule has 0 radical (unpaired) electrons. The van der Waals surface area contributed by atoms with Crippen LogP contribution < -0.4 is 5.73 Å². The fraction of sp³-hybridized carbons (Fsp3) is 0.462. The third kappa shape index (κ3) is 2.00. The van der Waals surface area contributed by atoms with E-state index in [9.17, 15) is 4.79 Å². The number of fused-ring (bicyclic) bond motifs is 2. The number of carbonyl (C=O) groups is 1. The summed E-state index contributed by atoms with van der Waals surface area (Å²) < 4.78 is 5.72. The molecule has 90 valence electrons. The number of amides is 1. The molecule has 0 aliphatic carbocycles. The second-order valence-electron chi connectivity index (χ2n) is 4.79. The summed E-state index contributed by atoms with van der Waals surface area (Å²) in [5, 5.41) is 0. The lowest BCUT2D eigenvalue weighted by molar-refractivity contribution is -0.0303. The highest BCUT2D eigenvalue weighted by Crippen LogP contribution is 2.27. The van der Waals surface area contributed by atoms with Gasteiger partial charge in [0.05, 0.1) is 12.2 Å². The maximum absolute atomic E-state index is 12.3. The molecule has 2 atom stereocenters. The van der Waals surface area contributed by atoms with Crippen molar-refractivity contribution >= 4 is 11.6 Å². The average Bonchev–Trinajstić information content (AvgIpc) is 2.67. The molecule has 2 heterocycles. The summed E-state index contributed by atoms with van der Waals surface area (Å²) in [7, 11) is 0. The van der Waals surface area contributed by atoms with Gasteiger partial charge in [-0.3, -0.25) is 4.79 Å². The van der Waals surface area contributed by atoms with Gasteiger partial charge in [-0.25, -0.2) is 0 Å². The van der Waals surface area contributed by atoms with Crippen LogP contribution in [-0.4, -0.2) is 36.1 Å². The third-order valence-corrected chi connectivity index (χ3v) is 3.46. The lowest BCUT2D eigenvalue weighted by Gasteiger charge is -2.32. The Hall–Kier alpha value is -1.55. The molecule has 17 heavy (non-hydrogen) atoms. The molecule has 2 unspecified atom stereocenters. The van der Waals surface area contributed by atoms with E-state index in [2.05, 4.69) is 0 Å². The quantitative estimate of drug-likeness (QED) is 0.742. The van der Waals surface area contributed by atoms with E-state index in [1.165, 1.54) is 0 Å². The number of hydrogen-bond donors (Lipinski definition) is 1. The van der Waals surface area contributed by atoms with Gasteiger partial charge in [0.25, 0.3) is 5.91 Å². The second kappa shape index (κ2) is 4.04. The molecule has 0 aromatic heterocycles. The Labute approximate surface area is 100 Å². The van der Waals surface area contributed by atoms with Crippen LogP contribution in [0.3, 0.4) is 0 Å². The Morgan fingerprint density at radius 3 is 2.65 bits per heavy atom. The molecule has 2 fully saturated rings. The molecular formula is C13H16N2O2. The Morgan fingerprint density at radius 1 is 1.29 bits per heavy atom. The average molecular weight is 232 g/mol. The molecule has 2 bridgehead atoms. The minimum atomic E-state index is 0.0671. The molecule has 0 saturated carbocycles. The number of ether oxygens (including phenoxy) is 1. The largest absolute Gasteiger partial charge is 0.399 e. The van der Waals surface area contributed by atoms with Crippen LogP contribution in [0.5, 0.6) is 0 Å². The zero-order chi connectivity index (χ0) is 11.8. The summed E-state index contributed by atoms with van der Waals surface area (Å²) in [4.78, 5) is 14.2. The first kappa shape index (κ1) is 10.6. The third-order valence-electron chi connectivity index (χ3n) is 3.46. The first-order chi connectivity index (χ1) is 8.22. The number of benzene rings is 1. The van der Waals surface area contributed by atoms with E-state index >= 15 is 0 Å². The van der Waals surface area contributed by atoms with Gasteiger partial charge >= 0.3 is 0 Å². The van der Waals surface area contributed by atoms with Crippen LogP contribution in [0.15, 0.2) is 24.3 Å². The molecule has 4 nitrogen and oxygen atoms in total. The first-order valence-electron chi connectivity index (χ1n) is 6.02. The van der Waals surface area contributed by atoms with Crippen molar-refractivity contribution in [1.82, 2.24) is 4.90 Å². The molecular weight excluding hydrogens is 216 g/mol. The van der Waals surface area contributed by atoms with Crippen LogP contribution in [0.2, 0.25) is 0 Å². The van der Waals surface area contributed by atoms with Crippen molar-refractivity contribution in [3.8, 4) is 0 Å². The SMILES string of the molecule is Nc1cccc(C(=O)N2CC3CCC(C2)O3)c1. The Bertz CT molecular complexity index is 435. The van der Waals surface area contributed by atoms with Gasteiger partial charge in [0.15, 0.2) is 0 Å². The molecule has 2 aliphatic rings. The molecule has 2 N–H and O–H groups in total. The van der Waals surface area contributed by atoms with Crippen LogP contribution >= 0.6 is 0 Å². The number of likely N-dealkylation sites (tertiary alicyclic amines) is 1. The van der Waals surface area contributed by atoms with Crippen molar-refractivity contribution in [3.05, 3.63) is 29.8 Å². The smallest absolute Gasteiger partial charge is 0.254 e. The van der Waals surface area contributed by atoms with Gasteiger partial charge in [-0.15, -0.1) is 0 Å². The van der Waals surface area contributed by atoms with E-state index < -0.39 is 0 Å². The molecule has 1 amide bonds. The van der Waals surface area contributed by atoms with E-state index in [4.69, 9.17) is 10.5 Å². The molecule has 3 rings (SSSR count). The predicted octanol–water partition coefficient (Wildman–Crippen LogP) is 1.27. The summed E-state index contributed by atoms with van der Waals surface area (Å²) in [6.07, 6.45) is 2.62. The number of nitrogen functional groups attached to an aromatic ring is 1. The zero-order valence-electron chi connectivity index (χ0n) is 9.63. The summed E-state index contributed by atoms with van der Waals surface area (Å²) in [5.74, 6) is 0.0671. The van der Waals surface area contributed by atoms with Crippen LogP contribution in [-0.2, 0) is 4.74 Å². The number of carbonyl (C=O) groups excluding carboxylic acids is 1. The zero-order valence-corrected chi connectivity index (χ0v) is 9.63. The molecule has 2 aliphatic heterocycles. The van der Waals surface area contributed by atoms with Crippen LogP contribution in [0, 0.1) is 0 Å². The second-order valence-corrected chi connectivity index (χ2v) is 4.79. The van der Waals surface area contributed by atoms with Gasteiger partial charge in [0, 0.05) is 24.3 Å². The summed E-state index contributed by atoms with van der Waals surface area (Å²) >= 11 is 0. The van der Waals surface area contributed by atoms with Crippen molar-refractivity contribution in [2.45, 2.75) is 25.0 Å². The highest BCUT2D eigenvalue weighted by Gasteiger charge is 2.35. The van der Waals surface area contributed by atoms with Crippen LogP contribution in [0.1, 0.15) is 23.2 Å². The van der Waals surface area contributed by atoms with Gasteiger partial charge in [0.2, 0.25) is 0 Å². The number of morpholine rings is 1. The summed E-state index contributed by atoms with van der Waals surface area (Å²) in [6.45, 7) is 1.42. The molecule has 4 heteroatoms. The summed E-state index contributed by atoms with van der Waals surface area (Å²) in [5.41, 5.74) is 7.00. The van der Waals surface area contributed by atoms with Gasteiger partial charge in [-0.05, 0) is 31.0 Å². The van der Waals surface area contributed by atoms with E-state index in [1.807, 2.05) is 17.0 Å². The maximum atomic E-state index is 12.3. The Balaban J connectivity index is 1.78. The van der Waals surface area contributed by atoms with Gasteiger partial charge < -0.3 is 15.4 Å². The number of anilines is 1. The van der Waals surface area contributed by atoms with Gasteiger partial charge in [-0.2, -0.15) is 0 Å². The van der Waals surface area contributed by atoms with Gasteiger partial charge in [0.1, 0.15) is 0 Å². The van der Waals surface area contributed by atoms with Crippen LogP contribution in [0.4, 0.5) is 5.69 Å². The van der Waals surface area contributed by atoms with Crippen molar-refractivity contribution < 1.29 is 9.53 Å². The van der Waals surface area contributed by atoms with E-state index in [1.54, 1.807) is 12.1 Å². The van der Waals surface area contributed by atoms with Crippen molar-refractivity contribution in [1.29, 1.82) is 0 Å². The summed E-state index contributed by atoms with van der Waals surface area (Å²) in [6, 6.07) is 7.16. The highest BCUT2D eigenvalue weighted by molar-refractivity contribution is 5.95. The minimum absolute atomic E-state index is 0.0671. The monoisotopic (exact) mass is 232 g/mol. The van der Waals surface area contributed by atoms with Crippen molar-refractivity contribution in [2.24, 2.45) is 0 Å². The maximum Gasteiger partial charge on any atom is 0.254 e. The molecule has 0 spiro atoms. The standard InChI is InChI=1S/C13H16N2O2/c14-10-3-1-2-9(6-10)13(16)15-7-11-4-5-12(8-15)17-11/h1-3,6,11-12H,4-5,7-8,14H2. The molecule has 1 aromatic carbocycles. The van der Waals surface area contributed by atoms with E-state index in [0.29, 0.717) is 24.3 Å². The van der Waals surface area contributed by atoms with E-state index in [0.717, 1.165) is 12.8 Å². The Morgan fingerprint density at radius 2 is 2.00 bits per heavy atom. The number of nitrogens with two attached hydrogens (primary N) is 1. The lowest BCUT2D eigenvalue weighted by atomic mass is 10.1. The molecule has 2 saturated heterocycles. The number of nitrogens with zero attached hydrogens (tertiary/aromatic N) is 1. The minimum Gasteiger partial charge on any atom is -0.399 e. The number of rotatable bonds is 1. The van der Waals surface area contributed by atoms with Crippen LogP contribution in [0.25, 0.3) is 0 Å². The lowest BCUT2D eigenvalue weighted by Crippen LogP contribution is -2.45. The first-order valence-corrected chi connectivity index (χ1v) is 6.02. The molecule has 1 aromatic rings. The predicted molar refractivity (Wildman–Crippen MR) is 64.7 cm³/mol. The van der Waals surface area contributed by atoms with Crippen molar-refractivity contribution in [2.75, 3.05) is 18.8 Å².